The molecule has 21 heavy (non-hydrogen) atoms. The first-order chi connectivity index (χ1) is 9.82. The summed E-state index contributed by atoms with van der Waals surface area (Å²) < 4.78 is 38.6. The van der Waals surface area contributed by atoms with E-state index < -0.39 is 11.7 Å². The Bertz CT molecular complexity index is 585. The summed E-state index contributed by atoms with van der Waals surface area (Å²) in [5.41, 5.74) is 1.14. The van der Waals surface area contributed by atoms with Crippen molar-refractivity contribution in [1.82, 2.24) is 5.32 Å². The maximum absolute atomic E-state index is 12.6. The van der Waals surface area contributed by atoms with E-state index in [2.05, 4.69) is 5.32 Å². The monoisotopic (exact) mass is 333 g/mol. The first kappa shape index (κ1) is 16.3. The summed E-state index contributed by atoms with van der Waals surface area (Å²) in [4.78, 5) is 0.999. The lowest BCUT2D eigenvalue weighted by Crippen LogP contribution is -2.21. The van der Waals surface area contributed by atoms with Crippen LogP contribution < -0.4 is 5.32 Å². The van der Waals surface area contributed by atoms with Crippen molar-refractivity contribution in [3.8, 4) is 0 Å². The molecule has 0 aliphatic carbocycles. The third kappa shape index (κ3) is 3.78. The Hall–Kier alpha value is -1.04. The van der Waals surface area contributed by atoms with Gasteiger partial charge in [-0.2, -0.15) is 13.2 Å². The molecule has 1 nitrogen and oxygen atoms in total. The van der Waals surface area contributed by atoms with Crippen molar-refractivity contribution in [1.29, 1.82) is 0 Å². The lowest BCUT2D eigenvalue weighted by Gasteiger charge is -2.17. The quantitative estimate of drug-likeness (QED) is 0.787. The molecule has 0 spiro atoms. The topological polar surface area (TPSA) is 12.0 Å². The van der Waals surface area contributed by atoms with Gasteiger partial charge in [-0.3, -0.25) is 0 Å². The van der Waals surface area contributed by atoms with Crippen molar-refractivity contribution in [2.24, 2.45) is 0 Å². The third-order valence-corrected chi connectivity index (χ3v) is 4.76. The van der Waals surface area contributed by atoms with Gasteiger partial charge in [0.15, 0.2) is 0 Å². The molecule has 1 aromatic heterocycles. The zero-order chi connectivity index (χ0) is 15.6. The van der Waals surface area contributed by atoms with Gasteiger partial charge < -0.3 is 5.32 Å². The van der Waals surface area contributed by atoms with E-state index in [1.54, 1.807) is 0 Å². The second kappa shape index (κ2) is 6.38. The van der Waals surface area contributed by atoms with E-state index in [-0.39, 0.29) is 6.04 Å². The number of thiophene rings is 1. The first-order valence-corrected chi connectivity index (χ1v) is 7.68. The SMILES string of the molecule is CCNC(c1ccc(C(F)(F)F)cc1)c1cc(C)c(Cl)s1. The van der Waals surface area contributed by atoms with Gasteiger partial charge in [0.2, 0.25) is 0 Å². The van der Waals surface area contributed by atoms with Gasteiger partial charge in [0.25, 0.3) is 0 Å². The smallest absolute Gasteiger partial charge is 0.306 e. The molecule has 1 heterocycles. The molecule has 0 radical (unpaired) electrons. The molecule has 0 aliphatic heterocycles. The van der Waals surface area contributed by atoms with E-state index in [4.69, 9.17) is 11.6 Å². The van der Waals surface area contributed by atoms with Crippen LogP contribution in [0.15, 0.2) is 30.3 Å². The zero-order valence-corrected chi connectivity index (χ0v) is 13.2. The summed E-state index contributed by atoms with van der Waals surface area (Å²) in [5, 5.41) is 3.28. The van der Waals surface area contributed by atoms with Gasteiger partial charge >= 0.3 is 6.18 Å². The molecule has 1 unspecified atom stereocenters. The highest BCUT2D eigenvalue weighted by Gasteiger charge is 2.30. The number of nitrogens with one attached hydrogen (secondary N) is 1. The van der Waals surface area contributed by atoms with Crippen molar-refractivity contribution in [2.45, 2.75) is 26.1 Å². The van der Waals surface area contributed by atoms with E-state index in [0.29, 0.717) is 10.9 Å². The third-order valence-electron chi connectivity index (χ3n) is 3.14. The molecule has 2 rings (SSSR count). The summed E-state index contributed by atoms with van der Waals surface area (Å²) in [6.45, 7) is 4.58. The highest BCUT2D eigenvalue weighted by atomic mass is 35.5. The van der Waals surface area contributed by atoms with Crippen LogP contribution in [0.2, 0.25) is 4.34 Å². The van der Waals surface area contributed by atoms with Crippen molar-refractivity contribution in [2.75, 3.05) is 6.54 Å². The Morgan fingerprint density at radius 2 is 1.86 bits per heavy atom. The van der Waals surface area contributed by atoms with Crippen LogP contribution in [0.25, 0.3) is 0 Å². The number of alkyl halides is 3. The first-order valence-electron chi connectivity index (χ1n) is 6.49. The highest BCUT2D eigenvalue weighted by Crippen LogP contribution is 2.35. The van der Waals surface area contributed by atoms with Gasteiger partial charge in [0.05, 0.1) is 15.9 Å². The molecule has 0 saturated heterocycles. The molecular weight excluding hydrogens is 319 g/mol. The molecule has 0 aliphatic rings. The molecular formula is C15H15ClF3NS. The van der Waals surface area contributed by atoms with Gasteiger partial charge in [0, 0.05) is 4.88 Å². The number of aryl methyl sites for hydroxylation is 1. The van der Waals surface area contributed by atoms with E-state index >= 15 is 0 Å². The van der Waals surface area contributed by atoms with Crippen LogP contribution in [-0.4, -0.2) is 6.54 Å². The molecule has 6 heteroatoms. The molecule has 1 aromatic carbocycles. The van der Waals surface area contributed by atoms with Gasteiger partial charge in [-0.05, 0) is 42.8 Å². The Balaban J connectivity index is 2.34. The van der Waals surface area contributed by atoms with Crippen molar-refractivity contribution >= 4 is 22.9 Å². The van der Waals surface area contributed by atoms with Crippen molar-refractivity contribution in [3.05, 3.63) is 56.2 Å². The van der Waals surface area contributed by atoms with E-state index in [9.17, 15) is 13.2 Å². The van der Waals surface area contributed by atoms with Crippen LogP contribution in [0.4, 0.5) is 13.2 Å². The Morgan fingerprint density at radius 1 is 1.24 bits per heavy atom. The fourth-order valence-electron chi connectivity index (χ4n) is 2.08. The highest BCUT2D eigenvalue weighted by molar-refractivity contribution is 7.16. The maximum Gasteiger partial charge on any atom is 0.416 e. The lowest BCUT2D eigenvalue weighted by molar-refractivity contribution is -0.137. The Labute approximate surface area is 130 Å². The largest absolute Gasteiger partial charge is 0.416 e. The molecule has 1 N–H and O–H groups in total. The van der Waals surface area contributed by atoms with Gasteiger partial charge in [0.1, 0.15) is 0 Å². The Kier molecular flexibility index (Phi) is 4.96. The standard InChI is InChI=1S/C15H15ClF3NS/c1-3-20-13(12-8-9(2)14(16)21-12)10-4-6-11(7-5-10)15(17,18)19/h4-8,13,20H,3H2,1-2H3. The van der Waals surface area contributed by atoms with Crippen molar-refractivity contribution < 1.29 is 13.2 Å². The Morgan fingerprint density at radius 3 is 2.29 bits per heavy atom. The zero-order valence-electron chi connectivity index (χ0n) is 11.6. The molecule has 2 aromatic rings. The predicted octanol–water partition coefficient (Wildman–Crippen LogP) is 5.43. The normalized spacial score (nSPS) is 13.4. The molecule has 0 fully saturated rings. The second-order valence-corrected chi connectivity index (χ2v) is 6.40. The summed E-state index contributed by atoms with van der Waals surface area (Å²) in [6, 6.07) is 7.08. The molecule has 1 atom stereocenters. The molecule has 114 valence electrons. The van der Waals surface area contributed by atoms with Crippen LogP contribution in [0.3, 0.4) is 0 Å². The minimum Gasteiger partial charge on any atom is -0.306 e. The summed E-state index contributed by atoms with van der Waals surface area (Å²) in [5.74, 6) is 0. The summed E-state index contributed by atoms with van der Waals surface area (Å²) in [7, 11) is 0. The number of benzene rings is 1. The number of hydrogen-bond donors (Lipinski definition) is 1. The van der Waals surface area contributed by atoms with Crippen LogP contribution in [0.5, 0.6) is 0 Å². The maximum atomic E-state index is 12.6. The fourth-order valence-corrected chi connectivity index (χ4v) is 3.40. The number of rotatable bonds is 4. The predicted molar refractivity (Wildman–Crippen MR) is 81.0 cm³/mol. The minimum atomic E-state index is -4.31. The van der Waals surface area contributed by atoms with E-state index in [1.807, 2.05) is 19.9 Å². The summed E-state index contributed by atoms with van der Waals surface area (Å²) >= 11 is 7.54. The molecule has 0 amide bonds. The average Bonchev–Trinajstić information content (AvgIpc) is 2.75. The number of hydrogen-bond acceptors (Lipinski definition) is 2. The van der Waals surface area contributed by atoms with Crippen LogP contribution in [0.1, 0.15) is 34.5 Å². The minimum absolute atomic E-state index is 0.145. The van der Waals surface area contributed by atoms with Gasteiger partial charge in [-0.15, -0.1) is 11.3 Å². The second-order valence-electron chi connectivity index (χ2n) is 4.72. The van der Waals surface area contributed by atoms with E-state index in [0.717, 1.165) is 28.1 Å². The molecule has 0 bridgehead atoms. The van der Waals surface area contributed by atoms with Gasteiger partial charge in [-0.1, -0.05) is 30.7 Å². The fraction of sp³-hybridized carbons (Fsp3) is 0.333. The van der Waals surface area contributed by atoms with Crippen LogP contribution >= 0.6 is 22.9 Å². The summed E-state index contributed by atoms with van der Waals surface area (Å²) in [6.07, 6.45) is -4.31. The van der Waals surface area contributed by atoms with Gasteiger partial charge in [-0.25, -0.2) is 0 Å². The average molecular weight is 334 g/mol. The number of halogens is 4. The molecule has 0 saturated carbocycles. The van der Waals surface area contributed by atoms with Crippen LogP contribution in [-0.2, 0) is 6.18 Å². The van der Waals surface area contributed by atoms with Crippen molar-refractivity contribution in [3.63, 3.8) is 0 Å². The van der Waals surface area contributed by atoms with Crippen LogP contribution in [0, 0.1) is 6.92 Å². The lowest BCUT2D eigenvalue weighted by atomic mass is 10.0. The van der Waals surface area contributed by atoms with E-state index in [1.165, 1.54) is 23.5 Å².